The van der Waals surface area contributed by atoms with Gasteiger partial charge in [-0.25, -0.2) is 4.98 Å². The van der Waals surface area contributed by atoms with Gasteiger partial charge >= 0.3 is 0 Å². The van der Waals surface area contributed by atoms with Crippen molar-refractivity contribution in [2.75, 3.05) is 6.61 Å². The molecule has 5 heteroatoms. The van der Waals surface area contributed by atoms with Gasteiger partial charge in [-0.05, 0) is 37.0 Å². The highest BCUT2D eigenvalue weighted by Crippen LogP contribution is 2.43. The number of ether oxygens (including phenoxy) is 1. The van der Waals surface area contributed by atoms with Crippen molar-refractivity contribution >= 4 is 5.91 Å². The maximum atomic E-state index is 13.7. The zero-order valence-corrected chi connectivity index (χ0v) is 16.6. The van der Waals surface area contributed by atoms with Crippen molar-refractivity contribution < 1.29 is 9.53 Å². The summed E-state index contributed by atoms with van der Waals surface area (Å²) < 4.78 is 7.88. The van der Waals surface area contributed by atoms with Gasteiger partial charge in [0.2, 0.25) is 5.88 Å². The lowest BCUT2D eigenvalue weighted by Gasteiger charge is -2.25. The predicted molar refractivity (Wildman–Crippen MR) is 112 cm³/mol. The van der Waals surface area contributed by atoms with Gasteiger partial charge in [-0.3, -0.25) is 4.79 Å². The molecule has 2 saturated heterocycles. The van der Waals surface area contributed by atoms with Crippen molar-refractivity contribution in [3.05, 3.63) is 72.7 Å². The van der Waals surface area contributed by atoms with E-state index in [1.165, 1.54) is 0 Å². The summed E-state index contributed by atoms with van der Waals surface area (Å²) >= 11 is 0. The molecule has 1 aromatic carbocycles. The molecular weight excluding hydrogens is 362 g/mol. The average Bonchev–Trinajstić information content (AvgIpc) is 3.45. The maximum Gasteiger partial charge on any atom is 0.271 e. The lowest BCUT2D eigenvalue weighted by Crippen LogP contribution is -2.38. The van der Waals surface area contributed by atoms with Crippen LogP contribution in [0.15, 0.2) is 67.0 Å². The Kier molecular flexibility index (Phi) is 4.58. The van der Waals surface area contributed by atoms with Gasteiger partial charge in [0.25, 0.3) is 5.91 Å². The van der Waals surface area contributed by atoms with E-state index in [1.54, 1.807) is 6.20 Å². The summed E-state index contributed by atoms with van der Waals surface area (Å²) in [6.45, 7) is 0.612. The van der Waals surface area contributed by atoms with Gasteiger partial charge in [0.05, 0.1) is 6.61 Å². The van der Waals surface area contributed by atoms with Gasteiger partial charge in [-0.2, -0.15) is 0 Å². The second kappa shape index (κ2) is 7.39. The van der Waals surface area contributed by atoms with Gasteiger partial charge in [-0.1, -0.05) is 36.4 Å². The monoisotopic (exact) mass is 387 g/mol. The van der Waals surface area contributed by atoms with Crippen LogP contribution in [0.1, 0.15) is 29.8 Å². The molecule has 0 saturated carbocycles. The van der Waals surface area contributed by atoms with E-state index in [-0.39, 0.29) is 11.9 Å². The van der Waals surface area contributed by atoms with Crippen LogP contribution in [0, 0.1) is 5.92 Å². The summed E-state index contributed by atoms with van der Waals surface area (Å²) in [7, 11) is 1.96. The molecule has 0 spiro atoms. The van der Waals surface area contributed by atoms with Crippen molar-refractivity contribution in [3.8, 4) is 17.0 Å². The minimum atomic E-state index is 0.143. The average molecular weight is 387 g/mol. The van der Waals surface area contributed by atoms with Crippen LogP contribution in [-0.2, 0) is 7.05 Å². The minimum Gasteiger partial charge on any atom is -0.477 e. The molecule has 3 unspecified atom stereocenters. The van der Waals surface area contributed by atoms with Crippen LogP contribution in [0.4, 0.5) is 0 Å². The summed E-state index contributed by atoms with van der Waals surface area (Å²) in [6, 6.07) is 18.5. The SMILES string of the molecule is Cn1ccc(-c2ccccc2)c1C(=O)N1C2CCC1C(COc1ccccn1)C2. The number of hydrogen-bond acceptors (Lipinski definition) is 3. The molecule has 148 valence electrons. The minimum absolute atomic E-state index is 0.143. The standard InChI is InChI=1S/C24H25N3O2/c1-26-14-12-20(17-7-3-2-4-8-17)23(26)24(28)27-19-10-11-21(27)18(15-19)16-29-22-9-5-6-13-25-22/h2-9,12-14,18-19,21H,10-11,15-16H2,1H3. The van der Waals surface area contributed by atoms with Crippen LogP contribution >= 0.6 is 0 Å². The Morgan fingerprint density at radius 1 is 1.10 bits per heavy atom. The normalized spacial score (nSPS) is 22.8. The van der Waals surface area contributed by atoms with Crippen molar-refractivity contribution in [3.63, 3.8) is 0 Å². The van der Waals surface area contributed by atoms with Crippen LogP contribution < -0.4 is 4.74 Å². The zero-order valence-electron chi connectivity index (χ0n) is 16.6. The Balaban J connectivity index is 1.37. The molecule has 0 N–H and O–H groups in total. The summed E-state index contributed by atoms with van der Waals surface area (Å²) in [4.78, 5) is 20.0. The fraction of sp³-hybridized carbons (Fsp3) is 0.333. The molecule has 5 nitrogen and oxygen atoms in total. The number of carbonyl (C=O) groups is 1. The van der Waals surface area contributed by atoms with E-state index in [4.69, 9.17) is 4.74 Å². The van der Waals surface area contributed by atoms with E-state index < -0.39 is 0 Å². The van der Waals surface area contributed by atoms with Crippen LogP contribution in [0.3, 0.4) is 0 Å². The van der Waals surface area contributed by atoms with Crippen LogP contribution in [0.25, 0.3) is 11.1 Å². The summed E-state index contributed by atoms with van der Waals surface area (Å²) in [6.07, 6.45) is 6.87. The molecule has 0 aliphatic carbocycles. The van der Waals surface area contributed by atoms with Gasteiger partial charge in [0.1, 0.15) is 5.69 Å². The number of fused-ring (bicyclic) bond motifs is 2. The molecule has 2 aliphatic heterocycles. The van der Waals surface area contributed by atoms with Crippen molar-refractivity contribution in [2.24, 2.45) is 13.0 Å². The van der Waals surface area contributed by atoms with E-state index in [9.17, 15) is 4.79 Å². The largest absolute Gasteiger partial charge is 0.477 e. The number of pyridine rings is 1. The molecule has 5 rings (SSSR count). The fourth-order valence-corrected chi connectivity index (χ4v) is 5.00. The van der Waals surface area contributed by atoms with E-state index in [0.29, 0.717) is 24.4 Å². The van der Waals surface area contributed by atoms with Crippen molar-refractivity contribution in [2.45, 2.75) is 31.3 Å². The van der Waals surface area contributed by atoms with Crippen molar-refractivity contribution in [1.29, 1.82) is 0 Å². The number of amides is 1. The maximum absolute atomic E-state index is 13.7. The zero-order chi connectivity index (χ0) is 19.8. The van der Waals surface area contributed by atoms with Gasteiger partial charge < -0.3 is 14.2 Å². The smallest absolute Gasteiger partial charge is 0.271 e. The first kappa shape index (κ1) is 18.0. The molecule has 2 aromatic heterocycles. The molecule has 4 heterocycles. The third-order valence-corrected chi connectivity index (χ3v) is 6.34. The first-order valence-electron chi connectivity index (χ1n) is 10.3. The number of carbonyl (C=O) groups excluding carboxylic acids is 1. The number of hydrogen-bond donors (Lipinski definition) is 0. The number of rotatable bonds is 5. The lowest BCUT2D eigenvalue weighted by atomic mass is 9.90. The molecule has 2 aliphatic rings. The highest BCUT2D eigenvalue weighted by atomic mass is 16.5. The lowest BCUT2D eigenvalue weighted by molar-refractivity contribution is 0.0701. The fourth-order valence-electron chi connectivity index (χ4n) is 5.00. The molecule has 29 heavy (non-hydrogen) atoms. The van der Waals surface area contributed by atoms with Crippen LogP contribution in [0.5, 0.6) is 5.88 Å². The third kappa shape index (κ3) is 3.20. The highest BCUT2D eigenvalue weighted by Gasteiger charge is 2.49. The highest BCUT2D eigenvalue weighted by molar-refractivity contribution is 6.00. The number of aryl methyl sites for hydroxylation is 1. The van der Waals surface area contributed by atoms with Crippen molar-refractivity contribution in [1.82, 2.24) is 14.5 Å². The second-order valence-corrected chi connectivity index (χ2v) is 8.04. The van der Waals surface area contributed by atoms with E-state index in [1.807, 2.05) is 60.3 Å². The molecule has 1 amide bonds. The summed E-state index contributed by atoms with van der Waals surface area (Å²) in [5.74, 6) is 1.16. The number of aromatic nitrogens is 2. The number of benzene rings is 1. The third-order valence-electron chi connectivity index (χ3n) is 6.34. The molecular formula is C24H25N3O2. The molecule has 3 atom stereocenters. The van der Waals surface area contributed by atoms with Gasteiger partial charge in [0.15, 0.2) is 0 Å². The molecule has 2 fully saturated rings. The Morgan fingerprint density at radius 2 is 1.93 bits per heavy atom. The Morgan fingerprint density at radius 3 is 2.72 bits per heavy atom. The summed E-state index contributed by atoms with van der Waals surface area (Å²) in [5, 5.41) is 0. The number of nitrogens with zero attached hydrogens (tertiary/aromatic N) is 3. The van der Waals surface area contributed by atoms with E-state index in [2.05, 4.69) is 22.0 Å². The Bertz CT molecular complexity index is 999. The molecule has 3 aromatic rings. The van der Waals surface area contributed by atoms with Crippen LogP contribution in [0.2, 0.25) is 0 Å². The molecule has 2 bridgehead atoms. The Hall–Kier alpha value is -3.08. The predicted octanol–water partition coefficient (Wildman–Crippen LogP) is 4.16. The summed E-state index contributed by atoms with van der Waals surface area (Å²) in [5.41, 5.74) is 2.86. The quantitative estimate of drug-likeness (QED) is 0.660. The molecule has 0 radical (unpaired) electrons. The first-order chi connectivity index (χ1) is 14.2. The van der Waals surface area contributed by atoms with E-state index >= 15 is 0 Å². The first-order valence-corrected chi connectivity index (χ1v) is 10.3. The topological polar surface area (TPSA) is 47.4 Å². The van der Waals surface area contributed by atoms with Gasteiger partial charge in [-0.15, -0.1) is 0 Å². The van der Waals surface area contributed by atoms with Crippen LogP contribution in [-0.4, -0.2) is 39.0 Å². The second-order valence-electron chi connectivity index (χ2n) is 8.04. The van der Waals surface area contributed by atoms with E-state index in [0.717, 1.165) is 36.1 Å². The van der Waals surface area contributed by atoms with Gasteiger partial charge in [0, 0.05) is 49.1 Å². The Labute approximate surface area is 170 Å².